The molecule has 1 heterocycles. The number of rotatable bonds is 3. The molecule has 3 rings (SSSR count). The Balaban J connectivity index is 2.20. The van der Waals surface area contributed by atoms with Gasteiger partial charge in [-0.3, -0.25) is 0 Å². The van der Waals surface area contributed by atoms with E-state index >= 15 is 0 Å². The molecule has 0 saturated heterocycles. The summed E-state index contributed by atoms with van der Waals surface area (Å²) >= 11 is 0. The summed E-state index contributed by atoms with van der Waals surface area (Å²) in [7, 11) is 0. The number of hydrogen-bond acceptors (Lipinski definition) is 2. The molecule has 2 aromatic rings. The summed E-state index contributed by atoms with van der Waals surface area (Å²) in [6, 6.07) is 10.4. The van der Waals surface area contributed by atoms with E-state index in [9.17, 15) is 5.11 Å². The lowest BCUT2D eigenvalue weighted by Gasteiger charge is -2.37. The fraction of sp³-hybridized carbons (Fsp3) is 0.478. The number of fused-ring (bicyclic) bond motifs is 3. The number of benzene rings is 2. The normalized spacial score (nSPS) is 15.5. The first-order chi connectivity index (χ1) is 11.5. The first-order valence-electron chi connectivity index (χ1n) is 9.19. The summed E-state index contributed by atoms with van der Waals surface area (Å²) in [6.07, 6.45) is 1.06. The second-order valence-corrected chi connectivity index (χ2v) is 9.01. The van der Waals surface area contributed by atoms with Crippen LogP contribution in [-0.4, -0.2) is 5.11 Å². The van der Waals surface area contributed by atoms with Crippen LogP contribution in [0, 0.1) is 12.8 Å². The predicted molar refractivity (Wildman–Crippen MR) is 104 cm³/mol. The van der Waals surface area contributed by atoms with E-state index in [4.69, 9.17) is 4.74 Å². The lowest BCUT2D eigenvalue weighted by molar-refractivity contribution is 0.105. The maximum absolute atomic E-state index is 10.9. The van der Waals surface area contributed by atoms with Crippen LogP contribution in [0.1, 0.15) is 64.7 Å². The Morgan fingerprint density at radius 3 is 2.44 bits per heavy atom. The molecule has 0 spiro atoms. The third-order valence-corrected chi connectivity index (χ3v) is 5.24. The molecule has 0 fully saturated rings. The zero-order chi connectivity index (χ0) is 18.6. The highest BCUT2D eigenvalue weighted by Crippen LogP contribution is 2.51. The van der Waals surface area contributed by atoms with E-state index in [0.29, 0.717) is 11.7 Å². The van der Waals surface area contributed by atoms with Crippen molar-refractivity contribution in [3.05, 3.63) is 47.0 Å². The molecule has 1 N–H and O–H groups in total. The molecule has 1 aliphatic heterocycles. The van der Waals surface area contributed by atoms with Gasteiger partial charge in [0.25, 0.3) is 0 Å². The second-order valence-electron chi connectivity index (χ2n) is 9.01. The van der Waals surface area contributed by atoms with Crippen LogP contribution in [-0.2, 0) is 11.0 Å². The average Bonchev–Trinajstić information content (AvgIpc) is 2.44. The van der Waals surface area contributed by atoms with E-state index in [1.165, 1.54) is 5.56 Å². The summed E-state index contributed by atoms with van der Waals surface area (Å²) in [5, 5.41) is 10.9. The smallest absolute Gasteiger partial charge is 0.132 e. The van der Waals surface area contributed by atoms with Crippen molar-refractivity contribution in [3.8, 4) is 22.6 Å². The van der Waals surface area contributed by atoms with Crippen LogP contribution in [0.3, 0.4) is 0 Å². The minimum Gasteiger partial charge on any atom is -0.507 e. The van der Waals surface area contributed by atoms with Gasteiger partial charge in [-0.1, -0.05) is 51.5 Å². The van der Waals surface area contributed by atoms with Gasteiger partial charge >= 0.3 is 0 Å². The lowest BCUT2D eigenvalue weighted by atomic mass is 9.76. The van der Waals surface area contributed by atoms with Gasteiger partial charge in [0, 0.05) is 5.56 Å². The molecule has 0 radical (unpaired) electrons. The standard InChI is InChI=1S/C23H30O2/c1-14(2)13-22(4,5)16-11-19(24)21-17-10-15(3)8-9-18(17)23(6,7)25-20(21)12-16/h8-12,14,24H,13H2,1-7H3. The van der Waals surface area contributed by atoms with Gasteiger partial charge in [0.05, 0.1) is 5.56 Å². The SMILES string of the molecule is Cc1ccc2c(c1)-c1c(O)cc(C(C)(C)CC(C)C)cc1OC2(C)C. The molecule has 2 nitrogen and oxygen atoms in total. The Morgan fingerprint density at radius 2 is 1.80 bits per heavy atom. The van der Waals surface area contributed by atoms with Gasteiger partial charge in [-0.15, -0.1) is 0 Å². The summed E-state index contributed by atoms with van der Waals surface area (Å²) in [5.41, 5.74) is 4.91. The van der Waals surface area contributed by atoms with Crippen LogP contribution >= 0.6 is 0 Å². The van der Waals surface area contributed by atoms with E-state index in [0.717, 1.165) is 34.4 Å². The Morgan fingerprint density at radius 1 is 1.12 bits per heavy atom. The number of ether oxygens (including phenoxy) is 1. The van der Waals surface area contributed by atoms with Crippen molar-refractivity contribution in [2.45, 2.75) is 65.9 Å². The molecule has 2 aromatic carbocycles. The first kappa shape index (κ1) is 17.8. The highest BCUT2D eigenvalue weighted by atomic mass is 16.5. The van der Waals surface area contributed by atoms with Crippen molar-refractivity contribution in [1.29, 1.82) is 0 Å². The third-order valence-electron chi connectivity index (χ3n) is 5.24. The van der Waals surface area contributed by atoms with Crippen LogP contribution in [0.5, 0.6) is 11.5 Å². The monoisotopic (exact) mass is 338 g/mol. The average molecular weight is 338 g/mol. The molecule has 0 amide bonds. The Kier molecular flexibility index (Phi) is 4.14. The van der Waals surface area contributed by atoms with Gasteiger partial charge in [0.15, 0.2) is 0 Å². The van der Waals surface area contributed by atoms with Crippen LogP contribution in [0.4, 0.5) is 0 Å². The van der Waals surface area contributed by atoms with E-state index in [1.807, 2.05) is 6.07 Å². The lowest BCUT2D eigenvalue weighted by Crippen LogP contribution is -2.30. The Labute approximate surface area is 151 Å². The number of phenols is 1. The number of aryl methyl sites for hydroxylation is 1. The van der Waals surface area contributed by atoms with Crippen molar-refractivity contribution >= 4 is 0 Å². The summed E-state index contributed by atoms with van der Waals surface area (Å²) in [6.45, 7) is 15.2. The summed E-state index contributed by atoms with van der Waals surface area (Å²) < 4.78 is 6.35. The van der Waals surface area contributed by atoms with Crippen molar-refractivity contribution in [2.24, 2.45) is 5.92 Å². The van der Waals surface area contributed by atoms with Gasteiger partial charge in [-0.25, -0.2) is 0 Å². The molecular weight excluding hydrogens is 308 g/mol. The third kappa shape index (κ3) is 3.15. The molecule has 1 aliphatic rings. The molecule has 0 aromatic heterocycles. The van der Waals surface area contributed by atoms with Crippen LogP contribution in [0.25, 0.3) is 11.1 Å². The van der Waals surface area contributed by atoms with Gasteiger partial charge in [0.1, 0.15) is 17.1 Å². The zero-order valence-electron chi connectivity index (χ0n) is 16.5. The van der Waals surface area contributed by atoms with Crippen LogP contribution in [0.15, 0.2) is 30.3 Å². The van der Waals surface area contributed by atoms with Crippen molar-refractivity contribution < 1.29 is 9.84 Å². The molecular formula is C23H30O2. The maximum atomic E-state index is 10.9. The van der Waals surface area contributed by atoms with Crippen LogP contribution in [0.2, 0.25) is 0 Å². The van der Waals surface area contributed by atoms with Gasteiger partial charge in [0.2, 0.25) is 0 Å². The summed E-state index contributed by atoms with van der Waals surface area (Å²) in [4.78, 5) is 0. The zero-order valence-corrected chi connectivity index (χ0v) is 16.5. The quantitative estimate of drug-likeness (QED) is 0.709. The van der Waals surface area contributed by atoms with Crippen molar-refractivity contribution in [2.75, 3.05) is 0 Å². The minimum atomic E-state index is -0.413. The highest BCUT2D eigenvalue weighted by Gasteiger charge is 2.35. The van der Waals surface area contributed by atoms with E-state index in [1.54, 1.807) is 0 Å². The minimum absolute atomic E-state index is 0.0128. The molecule has 0 aliphatic carbocycles. The highest BCUT2D eigenvalue weighted by molar-refractivity contribution is 5.82. The molecule has 0 atom stereocenters. The Bertz CT molecular complexity index is 813. The molecule has 134 valence electrons. The second kappa shape index (κ2) is 5.79. The largest absolute Gasteiger partial charge is 0.507 e. The molecule has 25 heavy (non-hydrogen) atoms. The molecule has 0 saturated carbocycles. The van der Waals surface area contributed by atoms with E-state index in [-0.39, 0.29) is 5.41 Å². The van der Waals surface area contributed by atoms with Crippen LogP contribution < -0.4 is 4.74 Å². The number of hydrogen-bond donors (Lipinski definition) is 1. The number of aromatic hydroxyl groups is 1. The topological polar surface area (TPSA) is 29.5 Å². The number of phenolic OH excluding ortho intramolecular Hbond substituents is 1. The fourth-order valence-electron chi connectivity index (χ4n) is 4.20. The van der Waals surface area contributed by atoms with Crippen molar-refractivity contribution in [1.82, 2.24) is 0 Å². The van der Waals surface area contributed by atoms with E-state index in [2.05, 4.69) is 72.7 Å². The van der Waals surface area contributed by atoms with Crippen molar-refractivity contribution in [3.63, 3.8) is 0 Å². The van der Waals surface area contributed by atoms with E-state index < -0.39 is 5.60 Å². The van der Waals surface area contributed by atoms with Gasteiger partial charge in [-0.05, 0) is 61.8 Å². The Hall–Kier alpha value is -1.96. The molecule has 2 heteroatoms. The maximum Gasteiger partial charge on any atom is 0.132 e. The molecule has 0 bridgehead atoms. The first-order valence-corrected chi connectivity index (χ1v) is 9.19. The van der Waals surface area contributed by atoms with Gasteiger partial charge in [-0.2, -0.15) is 0 Å². The fourth-order valence-corrected chi connectivity index (χ4v) is 4.20. The van der Waals surface area contributed by atoms with Gasteiger partial charge < -0.3 is 9.84 Å². The molecule has 0 unspecified atom stereocenters. The predicted octanol–water partition coefficient (Wildman–Crippen LogP) is 6.32. The summed E-state index contributed by atoms with van der Waals surface area (Å²) in [5.74, 6) is 1.69.